The van der Waals surface area contributed by atoms with Gasteiger partial charge in [0.1, 0.15) is 5.70 Å². The van der Waals surface area contributed by atoms with E-state index in [1.807, 2.05) is 30.3 Å². The minimum atomic E-state index is -0.540. The van der Waals surface area contributed by atoms with Gasteiger partial charge >= 0.3 is 5.97 Å². The molecule has 0 saturated carbocycles. The van der Waals surface area contributed by atoms with E-state index in [1.165, 1.54) is 28.7 Å². The normalized spacial score (nSPS) is 16.2. The SMILES string of the molecule is COC(=O)C1=C(Nc2ccc3c(c2)CN(Cc2ccccc2)C3)C(=O)N(CCO)C1. The van der Waals surface area contributed by atoms with Crippen LogP contribution in [0.1, 0.15) is 16.7 Å². The van der Waals surface area contributed by atoms with Crippen LogP contribution < -0.4 is 5.32 Å². The molecule has 0 spiro atoms. The number of hydrogen-bond acceptors (Lipinski definition) is 6. The Labute approximate surface area is 175 Å². The van der Waals surface area contributed by atoms with Gasteiger partial charge in [-0.05, 0) is 28.8 Å². The number of amides is 1. The molecular formula is C23H25N3O4. The van der Waals surface area contributed by atoms with Gasteiger partial charge in [-0.15, -0.1) is 0 Å². The fourth-order valence-corrected chi connectivity index (χ4v) is 3.99. The maximum absolute atomic E-state index is 12.7. The first-order valence-corrected chi connectivity index (χ1v) is 9.95. The van der Waals surface area contributed by atoms with Gasteiger partial charge in [0.2, 0.25) is 0 Å². The number of hydrogen-bond donors (Lipinski definition) is 2. The van der Waals surface area contributed by atoms with E-state index in [1.54, 1.807) is 0 Å². The Morgan fingerprint density at radius 1 is 1.10 bits per heavy atom. The number of nitrogens with one attached hydrogen (secondary N) is 1. The number of carbonyl (C=O) groups excluding carboxylic acids is 2. The van der Waals surface area contributed by atoms with Gasteiger partial charge in [0.15, 0.2) is 0 Å². The summed E-state index contributed by atoms with van der Waals surface area (Å²) < 4.78 is 4.84. The lowest BCUT2D eigenvalue weighted by Crippen LogP contribution is -2.31. The standard InChI is InChI=1S/C23H25N3O4/c1-30-23(29)20-15-26(9-10-27)22(28)21(20)24-19-8-7-17-13-25(14-18(17)11-19)12-16-5-3-2-4-6-16/h2-8,11,24,27H,9-10,12-15H2,1H3. The maximum atomic E-state index is 12.7. The fraction of sp³-hybridized carbons (Fsp3) is 0.304. The van der Waals surface area contributed by atoms with Crippen LogP contribution in [0.3, 0.4) is 0 Å². The van der Waals surface area contributed by atoms with Gasteiger partial charge in [0.25, 0.3) is 5.91 Å². The Morgan fingerprint density at radius 3 is 2.60 bits per heavy atom. The van der Waals surface area contributed by atoms with Crippen molar-refractivity contribution in [3.05, 3.63) is 76.5 Å². The van der Waals surface area contributed by atoms with Crippen molar-refractivity contribution in [1.29, 1.82) is 0 Å². The number of esters is 1. The summed E-state index contributed by atoms with van der Waals surface area (Å²) in [7, 11) is 1.29. The third-order valence-electron chi connectivity index (χ3n) is 5.47. The number of ether oxygens (including phenoxy) is 1. The highest BCUT2D eigenvalue weighted by Gasteiger charge is 2.34. The van der Waals surface area contributed by atoms with Crippen molar-refractivity contribution in [3.63, 3.8) is 0 Å². The predicted molar refractivity (Wildman–Crippen MR) is 112 cm³/mol. The van der Waals surface area contributed by atoms with Crippen molar-refractivity contribution in [3.8, 4) is 0 Å². The molecule has 0 saturated heterocycles. The van der Waals surface area contributed by atoms with E-state index < -0.39 is 5.97 Å². The number of carbonyl (C=O) groups is 2. The number of methoxy groups -OCH3 is 1. The predicted octanol–water partition coefficient (Wildman–Crippen LogP) is 1.88. The van der Waals surface area contributed by atoms with E-state index in [9.17, 15) is 14.7 Å². The molecule has 0 aromatic heterocycles. The lowest BCUT2D eigenvalue weighted by atomic mass is 10.1. The van der Waals surface area contributed by atoms with Crippen LogP contribution in [0.5, 0.6) is 0 Å². The van der Waals surface area contributed by atoms with Crippen LogP contribution in [0.25, 0.3) is 0 Å². The van der Waals surface area contributed by atoms with Crippen LogP contribution in [0.4, 0.5) is 5.69 Å². The zero-order chi connectivity index (χ0) is 21.1. The van der Waals surface area contributed by atoms with E-state index in [0.717, 1.165) is 25.3 Å². The fourth-order valence-electron chi connectivity index (χ4n) is 3.99. The Bertz CT molecular complexity index is 987. The third kappa shape index (κ3) is 4.08. The smallest absolute Gasteiger partial charge is 0.337 e. The molecule has 2 aliphatic rings. The molecule has 2 aromatic rings. The average Bonchev–Trinajstić information content (AvgIpc) is 3.29. The summed E-state index contributed by atoms with van der Waals surface area (Å²) >= 11 is 0. The number of fused-ring (bicyclic) bond motifs is 1. The molecule has 7 heteroatoms. The minimum Gasteiger partial charge on any atom is -0.466 e. The largest absolute Gasteiger partial charge is 0.466 e. The highest BCUT2D eigenvalue weighted by Crippen LogP contribution is 2.29. The highest BCUT2D eigenvalue weighted by atomic mass is 16.5. The summed E-state index contributed by atoms with van der Waals surface area (Å²) in [5.74, 6) is -0.850. The molecule has 7 nitrogen and oxygen atoms in total. The zero-order valence-electron chi connectivity index (χ0n) is 16.9. The van der Waals surface area contributed by atoms with Gasteiger partial charge in [-0.3, -0.25) is 9.69 Å². The molecule has 2 heterocycles. The van der Waals surface area contributed by atoms with Crippen LogP contribution in [0.2, 0.25) is 0 Å². The summed E-state index contributed by atoms with van der Waals surface area (Å²) in [6, 6.07) is 16.4. The number of anilines is 1. The summed E-state index contributed by atoms with van der Waals surface area (Å²) in [5, 5.41) is 12.3. The van der Waals surface area contributed by atoms with Gasteiger partial charge in [-0.2, -0.15) is 0 Å². The van der Waals surface area contributed by atoms with Crippen molar-refractivity contribution in [1.82, 2.24) is 9.80 Å². The monoisotopic (exact) mass is 407 g/mol. The number of rotatable bonds is 7. The molecule has 1 amide bonds. The van der Waals surface area contributed by atoms with Gasteiger partial charge in [0, 0.05) is 31.9 Å². The molecule has 0 radical (unpaired) electrons. The number of β-amino-alcohol motifs (C(OH)–C–C–N with tert-alkyl or cyclic N) is 1. The first-order valence-electron chi connectivity index (χ1n) is 9.95. The lowest BCUT2D eigenvalue weighted by molar-refractivity contribution is -0.136. The molecule has 0 aliphatic carbocycles. The van der Waals surface area contributed by atoms with Crippen molar-refractivity contribution in [2.75, 3.05) is 32.1 Å². The molecule has 156 valence electrons. The summed E-state index contributed by atoms with van der Waals surface area (Å²) in [4.78, 5) is 28.6. The van der Waals surface area contributed by atoms with E-state index in [0.29, 0.717) is 0 Å². The molecule has 30 heavy (non-hydrogen) atoms. The van der Waals surface area contributed by atoms with Gasteiger partial charge in [-0.1, -0.05) is 36.4 Å². The summed E-state index contributed by atoms with van der Waals surface area (Å²) in [6.45, 7) is 2.72. The summed E-state index contributed by atoms with van der Waals surface area (Å²) in [5.41, 5.74) is 4.99. The van der Waals surface area contributed by atoms with Crippen molar-refractivity contribution < 1.29 is 19.4 Å². The second-order valence-electron chi connectivity index (χ2n) is 7.53. The van der Waals surface area contributed by atoms with Crippen LogP contribution in [-0.4, -0.2) is 53.6 Å². The Kier molecular flexibility index (Phi) is 5.83. The van der Waals surface area contributed by atoms with Crippen molar-refractivity contribution >= 4 is 17.6 Å². The minimum absolute atomic E-state index is 0.129. The quantitative estimate of drug-likeness (QED) is 0.682. The van der Waals surface area contributed by atoms with Crippen LogP contribution in [-0.2, 0) is 34.0 Å². The van der Waals surface area contributed by atoms with Gasteiger partial charge < -0.3 is 20.1 Å². The Balaban J connectivity index is 1.50. The van der Waals surface area contributed by atoms with E-state index in [4.69, 9.17) is 4.74 Å². The molecule has 2 aliphatic heterocycles. The van der Waals surface area contributed by atoms with Gasteiger partial charge in [0.05, 0.1) is 25.8 Å². The molecule has 2 aromatic carbocycles. The Morgan fingerprint density at radius 2 is 1.87 bits per heavy atom. The number of aliphatic hydroxyl groups is 1. The van der Waals surface area contributed by atoms with E-state index in [2.05, 4.69) is 28.4 Å². The molecule has 0 bridgehead atoms. The van der Waals surface area contributed by atoms with E-state index >= 15 is 0 Å². The first kappa shape index (κ1) is 20.1. The summed E-state index contributed by atoms with van der Waals surface area (Å²) in [6.07, 6.45) is 0. The Hall–Kier alpha value is -3.16. The molecule has 0 fully saturated rings. The zero-order valence-corrected chi connectivity index (χ0v) is 16.9. The first-order chi connectivity index (χ1) is 14.6. The number of benzene rings is 2. The number of nitrogens with zero attached hydrogens (tertiary/aromatic N) is 2. The molecule has 0 unspecified atom stereocenters. The van der Waals surface area contributed by atoms with Crippen LogP contribution >= 0.6 is 0 Å². The maximum Gasteiger partial charge on any atom is 0.337 e. The average molecular weight is 407 g/mol. The molecule has 4 rings (SSSR count). The van der Waals surface area contributed by atoms with Crippen LogP contribution in [0.15, 0.2) is 59.8 Å². The van der Waals surface area contributed by atoms with Crippen molar-refractivity contribution in [2.45, 2.75) is 19.6 Å². The topological polar surface area (TPSA) is 82.1 Å². The molecule has 2 N–H and O–H groups in total. The molecule has 0 atom stereocenters. The van der Waals surface area contributed by atoms with E-state index in [-0.39, 0.29) is 36.9 Å². The molecular weight excluding hydrogens is 382 g/mol. The highest BCUT2D eigenvalue weighted by molar-refractivity contribution is 6.08. The lowest BCUT2D eigenvalue weighted by Gasteiger charge is -2.15. The number of aliphatic hydroxyl groups excluding tert-OH is 1. The second-order valence-corrected chi connectivity index (χ2v) is 7.53. The van der Waals surface area contributed by atoms with Crippen molar-refractivity contribution in [2.24, 2.45) is 0 Å². The second kappa shape index (κ2) is 8.69. The van der Waals surface area contributed by atoms with Gasteiger partial charge in [-0.25, -0.2) is 4.79 Å². The van der Waals surface area contributed by atoms with Crippen LogP contribution in [0, 0.1) is 0 Å². The third-order valence-corrected chi connectivity index (χ3v) is 5.47.